The number of aryl methyl sites for hydroxylation is 3. The summed E-state index contributed by atoms with van der Waals surface area (Å²) in [4.78, 5) is 0.277. The van der Waals surface area contributed by atoms with Gasteiger partial charge in [0.1, 0.15) is 12.4 Å². The largest absolute Gasteiger partial charge is 0.497 e. The van der Waals surface area contributed by atoms with Gasteiger partial charge < -0.3 is 9.47 Å². The van der Waals surface area contributed by atoms with E-state index in [0.717, 1.165) is 22.4 Å². The summed E-state index contributed by atoms with van der Waals surface area (Å²) >= 11 is 0. The van der Waals surface area contributed by atoms with Gasteiger partial charge in [-0.1, -0.05) is 6.07 Å². The Morgan fingerprint density at radius 1 is 0.939 bits per heavy atom. The lowest BCUT2D eigenvalue weighted by Crippen LogP contribution is -2.29. The molecule has 2 aromatic heterocycles. The van der Waals surface area contributed by atoms with Crippen LogP contribution in [-0.2, 0) is 10.0 Å². The highest BCUT2D eigenvalue weighted by Gasteiger charge is 2.17. The molecule has 0 saturated carbocycles. The monoisotopic (exact) mass is 467 g/mol. The minimum Gasteiger partial charge on any atom is -0.497 e. The Morgan fingerprint density at radius 2 is 1.67 bits per heavy atom. The van der Waals surface area contributed by atoms with E-state index in [-0.39, 0.29) is 18.0 Å². The van der Waals surface area contributed by atoms with Crippen molar-refractivity contribution in [2.75, 3.05) is 20.3 Å². The zero-order valence-electron chi connectivity index (χ0n) is 18.9. The molecular weight excluding hydrogens is 442 g/mol. The Bertz CT molecular complexity index is 1400. The zero-order chi connectivity index (χ0) is 23.6. The smallest absolute Gasteiger partial charge is 0.240 e. The first-order valence-corrected chi connectivity index (χ1v) is 11.8. The summed E-state index contributed by atoms with van der Waals surface area (Å²) in [6, 6.07) is 14.4. The predicted molar refractivity (Wildman–Crippen MR) is 124 cm³/mol. The lowest BCUT2D eigenvalue weighted by Gasteiger charge is -2.12. The van der Waals surface area contributed by atoms with Crippen molar-refractivity contribution in [1.82, 2.24) is 24.5 Å². The fourth-order valence-corrected chi connectivity index (χ4v) is 4.72. The van der Waals surface area contributed by atoms with Crippen LogP contribution in [0.1, 0.15) is 16.7 Å². The molecule has 0 bridgehead atoms. The minimum absolute atomic E-state index is 0.0991. The van der Waals surface area contributed by atoms with Crippen LogP contribution in [0.3, 0.4) is 0 Å². The van der Waals surface area contributed by atoms with E-state index in [1.54, 1.807) is 36.7 Å². The number of nitrogens with one attached hydrogen (secondary N) is 1. The SMILES string of the molecule is COc1ccc(-c2nnc3ccc(OCCNS(=O)(=O)c4cc(C)c(C)cc4C)nn23)cc1. The summed E-state index contributed by atoms with van der Waals surface area (Å²) in [5.74, 6) is 1.63. The maximum atomic E-state index is 12.7. The molecule has 0 aliphatic carbocycles. The molecule has 2 heterocycles. The lowest BCUT2D eigenvalue weighted by atomic mass is 10.1. The summed E-state index contributed by atoms with van der Waals surface area (Å²) in [5, 5.41) is 12.8. The number of sulfonamides is 1. The van der Waals surface area contributed by atoms with Crippen molar-refractivity contribution in [1.29, 1.82) is 0 Å². The van der Waals surface area contributed by atoms with Crippen molar-refractivity contribution in [2.45, 2.75) is 25.7 Å². The van der Waals surface area contributed by atoms with Gasteiger partial charge in [-0.2, -0.15) is 4.52 Å². The summed E-state index contributed by atoms with van der Waals surface area (Å²) in [6.07, 6.45) is 0. The van der Waals surface area contributed by atoms with Crippen LogP contribution in [0.2, 0.25) is 0 Å². The van der Waals surface area contributed by atoms with Crippen LogP contribution in [0.15, 0.2) is 53.4 Å². The number of benzene rings is 2. The van der Waals surface area contributed by atoms with Gasteiger partial charge in [0.15, 0.2) is 11.5 Å². The van der Waals surface area contributed by atoms with Crippen molar-refractivity contribution >= 4 is 15.7 Å². The molecular formula is C23H25N5O4S. The van der Waals surface area contributed by atoms with Crippen LogP contribution in [0.25, 0.3) is 17.0 Å². The second-order valence-electron chi connectivity index (χ2n) is 7.64. The fourth-order valence-electron chi connectivity index (χ4n) is 3.40. The van der Waals surface area contributed by atoms with Crippen molar-refractivity contribution in [3.8, 4) is 23.0 Å². The van der Waals surface area contributed by atoms with E-state index in [4.69, 9.17) is 9.47 Å². The first kappa shape index (κ1) is 22.7. The van der Waals surface area contributed by atoms with E-state index in [9.17, 15) is 8.42 Å². The van der Waals surface area contributed by atoms with E-state index < -0.39 is 10.0 Å². The average Bonchev–Trinajstić information content (AvgIpc) is 3.22. The molecule has 172 valence electrons. The highest BCUT2D eigenvalue weighted by atomic mass is 32.2. The predicted octanol–water partition coefficient (Wildman–Crippen LogP) is 3.08. The van der Waals surface area contributed by atoms with Gasteiger partial charge in [0.25, 0.3) is 0 Å². The standard InChI is InChI=1S/C23H25N5O4S/c1-15-13-17(3)20(14-16(15)2)33(29,30)24-11-12-32-22-10-9-21-25-26-23(28(21)27-22)18-5-7-19(31-4)8-6-18/h5-10,13-14,24H,11-12H2,1-4H3. The zero-order valence-corrected chi connectivity index (χ0v) is 19.7. The number of ether oxygens (including phenoxy) is 2. The molecule has 0 aliphatic rings. The number of fused-ring (bicyclic) bond motifs is 1. The van der Waals surface area contributed by atoms with E-state index in [1.165, 1.54) is 0 Å². The van der Waals surface area contributed by atoms with Crippen LogP contribution in [-0.4, -0.2) is 48.5 Å². The number of aromatic nitrogens is 4. The third-order valence-corrected chi connectivity index (χ3v) is 6.91. The highest BCUT2D eigenvalue weighted by molar-refractivity contribution is 7.89. The second-order valence-corrected chi connectivity index (χ2v) is 9.38. The fraction of sp³-hybridized carbons (Fsp3) is 0.261. The molecule has 0 fully saturated rings. The van der Waals surface area contributed by atoms with Crippen molar-refractivity contribution in [2.24, 2.45) is 0 Å². The van der Waals surface area contributed by atoms with E-state index in [2.05, 4.69) is 20.0 Å². The molecule has 0 saturated heterocycles. The maximum Gasteiger partial charge on any atom is 0.240 e. The van der Waals surface area contributed by atoms with E-state index in [0.29, 0.717) is 22.9 Å². The molecule has 2 aromatic carbocycles. The quantitative estimate of drug-likeness (QED) is 0.397. The topological polar surface area (TPSA) is 108 Å². The molecule has 33 heavy (non-hydrogen) atoms. The van der Waals surface area contributed by atoms with Gasteiger partial charge in [0, 0.05) is 18.2 Å². The summed E-state index contributed by atoms with van der Waals surface area (Å²) in [7, 11) is -2.04. The molecule has 0 atom stereocenters. The van der Waals surface area contributed by atoms with Crippen molar-refractivity contribution < 1.29 is 17.9 Å². The first-order valence-electron chi connectivity index (χ1n) is 10.4. The van der Waals surface area contributed by atoms with Crippen LogP contribution in [0.5, 0.6) is 11.6 Å². The van der Waals surface area contributed by atoms with Gasteiger partial charge in [-0.05, 0) is 73.9 Å². The third-order valence-electron chi connectivity index (χ3n) is 5.31. The molecule has 0 aliphatic heterocycles. The lowest BCUT2D eigenvalue weighted by molar-refractivity contribution is 0.306. The van der Waals surface area contributed by atoms with Gasteiger partial charge in [-0.25, -0.2) is 13.1 Å². The van der Waals surface area contributed by atoms with Crippen LogP contribution < -0.4 is 14.2 Å². The second kappa shape index (κ2) is 9.16. The first-order chi connectivity index (χ1) is 15.8. The number of nitrogens with zero attached hydrogens (tertiary/aromatic N) is 4. The molecule has 9 nitrogen and oxygen atoms in total. The van der Waals surface area contributed by atoms with Gasteiger partial charge in [0.05, 0.1) is 12.0 Å². The van der Waals surface area contributed by atoms with E-state index >= 15 is 0 Å². The molecule has 4 aromatic rings. The average molecular weight is 468 g/mol. The molecule has 0 spiro atoms. The molecule has 1 N–H and O–H groups in total. The molecule has 0 amide bonds. The number of hydrogen-bond donors (Lipinski definition) is 1. The van der Waals surface area contributed by atoms with Gasteiger partial charge in [0.2, 0.25) is 15.9 Å². The Balaban J connectivity index is 1.44. The summed E-state index contributed by atoms with van der Waals surface area (Å²) in [6.45, 7) is 5.85. The molecule has 0 unspecified atom stereocenters. The molecule has 4 rings (SSSR count). The van der Waals surface area contributed by atoms with Gasteiger partial charge >= 0.3 is 0 Å². The number of hydrogen-bond acceptors (Lipinski definition) is 7. The normalized spacial score (nSPS) is 11.6. The Hall–Kier alpha value is -3.50. The highest BCUT2D eigenvalue weighted by Crippen LogP contribution is 2.22. The minimum atomic E-state index is -3.64. The number of methoxy groups -OCH3 is 1. The third kappa shape index (κ3) is 4.81. The summed E-state index contributed by atoms with van der Waals surface area (Å²) < 4.78 is 40.5. The van der Waals surface area contributed by atoms with Crippen LogP contribution in [0, 0.1) is 20.8 Å². The molecule has 10 heteroatoms. The van der Waals surface area contributed by atoms with Gasteiger partial charge in [-0.15, -0.1) is 15.3 Å². The summed E-state index contributed by atoms with van der Waals surface area (Å²) in [5.41, 5.74) is 4.08. The number of rotatable bonds is 8. The van der Waals surface area contributed by atoms with Crippen LogP contribution >= 0.6 is 0 Å². The van der Waals surface area contributed by atoms with E-state index in [1.807, 2.05) is 44.2 Å². The van der Waals surface area contributed by atoms with Crippen molar-refractivity contribution in [3.63, 3.8) is 0 Å². The van der Waals surface area contributed by atoms with Gasteiger partial charge in [-0.3, -0.25) is 0 Å². The Labute approximate surface area is 192 Å². The Kier molecular flexibility index (Phi) is 6.30. The Morgan fingerprint density at radius 3 is 2.39 bits per heavy atom. The maximum absolute atomic E-state index is 12.7. The van der Waals surface area contributed by atoms with Crippen molar-refractivity contribution in [3.05, 3.63) is 65.2 Å². The van der Waals surface area contributed by atoms with Crippen LogP contribution in [0.4, 0.5) is 0 Å². The molecule has 0 radical (unpaired) electrons.